The lowest BCUT2D eigenvalue weighted by Crippen LogP contribution is -1.98. The molecule has 1 heterocycles. The van der Waals surface area contributed by atoms with Gasteiger partial charge in [-0.15, -0.1) is 0 Å². The van der Waals surface area contributed by atoms with E-state index in [4.69, 9.17) is 4.74 Å². The highest BCUT2D eigenvalue weighted by molar-refractivity contribution is 5.90. The topological polar surface area (TPSA) is 37.0 Å². The van der Waals surface area contributed by atoms with Crippen molar-refractivity contribution in [1.29, 1.82) is 0 Å². The molecule has 0 bridgehead atoms. The van der Waals surface area contributed by atoms with Crippen LogP contribution < -0.4 is 10.1 Å². The van der Waals surface area contributed by atoms with Crippen molar-refractivity contribution in [1.82, 2.24) is 4.98 Å². The van der Waals surface area contributed by atoms with Crippen LogP contribution in [0.25, 0.3) is 17.0 Å². The average Bonchev–Trinajstić information content (AvgIpc) is 3.01. The number of aromatic amines is 1. The molecule has 2 N–H and O–H groups in total. The molecule has 0 unspecified atom stereocenters. The van der Waals surface area contributed by atoms with E-state index in [1.54, 1.807) is 7.11 Å². The van der Waals surface area contributed by atoms with Crippen molar-refractivity contribution in [2.75, 3.05) is 19.0 Å². The molecule has 0 saturated carbocycles. The number of fused-ring (bicyclic) bond motifs is 1. The largest absolute Gasteiger partial charge is 0.496 e. The van der Waals surface area contributed by atoms with Crippen molar-refractivity contribution >= 4 is 22.7 Å². The molecule has 0 aliphatic carbocycles. The Kier molecular flexibility index (Phi) is 3.92. The van der Waals surface area contributed by atoms with Crippen molar-refractivity contribution in [2.45, 2.75) is 0 Å². The van der Waals surface area contributed by atoms with Gasteiger partial charge in [-0.1, -0.05) is 42.5 Å². The van der Waals surface area contributed by atoms with Gasteiger partial charge in [-0.25, -0.2) is 0 Å². The van der Waals surface area contributed by atoms with Gasteiger partial charge in [0, 0.05) is 23.7 Å². The summed E-state index contributed by atoms with van der Waals surface area (Å²) in [6.07, 6.45) is 6.13. The minimum atomic E-state index is 0.760. The second-order valence-corrected chi connectivity index (χ2v) is 4.77. The molecule has 3 heteroatoms. The van der Waals surface area contributed by atoms with Crippen molar-refractivity contribution in [2.24, 2.45) is 0 Å². The minimum absolute atomic E-state index is 0.760. The smallest absolute Gasteiger partial charge is 0.126 e. The fourth-order valence-electron chi connectivity index (χ4n) is 2.39. The normalized spacial score (nSPS) is 11.1. The molecule has 0 radical (unpaired) electrons. The number of H-pyrrole nitrogens is 1. The van der Waals surface area contributed by atoms with E-state index in [0.29, 0.717) is 0 Å². The first-order valence-corrected chi connectivity index (χ1v) is 6.98. The molecule has 3 rings (SSSR count). The molecule has 106 valence electrons. The minimum Gasteiger partial charge on any atom is -0.496 e. The Hall–Kier alpha value is -2.68. The molecule has 2 aromatic carbocycles. The SMILES string of the molecule is COc1ccccc1C=CCNc1cccc2cc[nH]c12. The van der Waals surface area contributed by atoms with Crippen LogP contribution in [0, 0.1) is 0 Å². The predicted molar refractivity (Wildman–Crippen MR) is 88.8 cm³/mol. The number of nitrogens with one attached hydrogen (secondary N) is 2. The molecular formula is C18H18N2O. The first-order valence-electron chi connectivity index (χ1n) is 6.98. The second kappa shape index (κ2) is 6.18. The first-order chi connectivity index (χ1) is 10.4. The van der Waals surface area contributed by atoms with Gasteiger partial charge in [-0.2, -0.15) is 0 Å². The summed E-state index contributed by atoms with van der Waals surface area (Å²) in [5.41, 5.74) is 3.34. The quantitative estimate of drug-likeness (QED) is 0.730. The lowest BCUT2D eigenvalue weighted by Gasteiger charge is -2.06. The summed E-state index contributed by atoms with van der Waals surface area (Å²) in [5.74, 6) is 0.889. The van der Waals surface area contributed by atoms with Crippen LogP contribution in [-0.2, 0) is 0 Å². The third-order valence-corrected chi connectivity index (χ3v) is 3.43. The number of hydrogen-bond acceptors (Lipinski definition) is 2. The van der Waals surface area contributed by atoms with Crippen LogP contribution in [0.1, 0.15) is 5.56 Å². The van der Waals surface area contributed by atoms with Crippen molar-refractivity contribution in [3.8, 4) is 5.75 Å². The Morgan fingerprint density at radius 3 is 2.90 bits per heavy atom. The molecule has 3 nitrogen and oxygen atoms in total. The molecular weight excluding hydrogens is 260 g/mol. The Morgan fingerprint density at radius 1 is 1.10 bits per heavy atom. The monoisotopic (exact) mass is 278 g/mol. The number of rotatable bonds is 5. The molecule has 1 aromatic heterocycles. The summed E-state index contributed by atoms with van der Waals surface area (Å²) in [6, 6.07) is 16.3. The van der Waals surface area contributed by atoms with Crippen LogP contribution in [0.15, 0.2) is 60.8 Å². The Labute approximate surface area is 124 Å². The molecule has 0 fully saturated rings. The van der Waals surface area contributed by atoms with E-state index >= 15 is 0 Å². The summed E-state index contributed by atoms with van der Waals surface area (Å²) in [4.78, 5) is 3.26. The van der Waals surface area contributed by atoms with Gasteiger partial charge in [0.25, 0.3) is 0 Å². The number of para-hydroxylation sites is 2. The van der Waals surface area contributed by atoms with Crippen molar-refractivity contribution in [3.63, 3.8) is 0 Å². The Balaban J connectivity index is 1.68. The zero-order valence-electron chi connectivity index (χ0n) is 12.0. The summed E-state index contributed by atoms with van der Waals surface area (Å²) in [6.45, 7) is 0.760. The maximum absolute atomic E-state index is 5.33. The van der Waals surface area contributed by atoms with Crippen LogP contribution in [0.2, 0.25) is 0 Å². The highest BCUT2D eigenvalue weighted by Crippen LogP contribution is 2.22. The van der Waals surface area contributed by atoms with Gasteiger partial charge < -0.3 is 15.0 Å². The van der Waals surface area contributed by atoms with Gasteiger partial charge in [-0.05, 0) is 18.2 Å². The highest BCUT2D eigenvalue weighted by Gasteiger charge is 2.00. The summed E-state index contributed by atoms with van der Waals surface area (Å²) >= 11 is 0. The van der Waals surface area contributed by atoms with E-state index in [9.17, 15) is 0 Å². The number of hydrogen-bond donors (Lipinski definition) is 2. The highest BCUT2D eigenvalue weighted by atomic mass is 16.5. The number of benzene rings is 2. The van der Waals surface area contributed by atoms with Gasteiger partial charge in [0.1, 0.15) is 5.75 Å². The molecule has 0 amide bonds. The van der Waals surface area contributed by atoms with E-state index in [1.807, 2.05) is 30.5 Å². The molecule has 3 aromatic rings. The molecule has 21 heavy (non-hydrogen) atoms. The van der Waals surface area contributed by atoms with Crippen molar-refractivity contribution in [3.05, 3.63) is 66.4 Å². The maximum atomic E-state index is 5.33. The molecule has 0 spiro atoms. The number of anilines is 1. The molecule has 0 aliphatic heterocycles. The summed E-state index contributed by atoms with van der Waals surface area (Å²) < 4.78 is 5.33. The van der Waals surface area contributed by atoms with Crippen LogP contribution in [0.5, 0.6) is 5.75 Å². The molecule has 0 saturated heterocycles. The van der Waals surface area contributed by atoms with E-state index in [0.717, 1.165) is 29.1 Å². The van der Waals surface area contributed by atoms with Crippen LogP contribution in [0.4, 0.5) is 5.69 Å². The Morgan fingerprint density at radius 2 is 2.00 bits per heavy atom. The van der Waals surface area contributed by atoms with Crippen LogP contribution in [0.3, 0.4) is 0 Å². The lowest BCUT2D eigenvalue weighted by atomic mass is 10.2. The zero-order chi connectivity index (χ0) is 14.5. The fraction of sp³-hybridized carbons (Fsp3) is 0.111. The average molecular weight is 278 g/mol. The van der Waals surface area contributed by atoms with E-state index < -0.39 is 0 Å². The Bertz CT molecular complexity index is 759. The van der Waals surface area contributed by atoms with Gasteiger partial charge in [0.15, 0.2) is 0 Å². The predicted octanol–water partition coefficient (Wildman–Crippen LogP) is 4.30. The molecule has 0 aliphatic rings. The van der Waals surface area contributed by atoms with E-state index in [1.165, 1.54) is 5.39 Å². The number of ether oxygens (including phenoxy) is 1. The fourth-order valence-corrected chi connectivity index (χ4v) is 2.39. The van der Waals surface area contributed by atoms with E-state index in [-0.39, 0.29) is 0 Å². The van der Waals surface area contributed by atoms with E-state index in [2.05, 4.69) is 46.7 Å². The first kappa shape index (κ1) is 13.3. The zero-order valence-corrected chi connectivity index (χ0v) is 12.0. The number of aromatic nitrogens is 1. The summed E-state index contributed by atoms with van der Waals surface area (Å²) in [5, 5.41) is 4.64. The van der Waals surface area contributed by atoms with Crippen LogP contribution >= 0.6 is 0 Å². The standard InChI is InChI=1S/C18H18N2O/c1-21-17-10-3-2-6-14(17)8-5-12-19-16-9-4-7-15-11-13-20-18(15)16/h2-11,13,19-20H,12H2,1H3. The summed E-state index contributed by atoms with van der Waals surface area (Å²) in [7, 11) is 1.69. The van der Waals surface area contributed by atoms with Gasteiger partial charge in [0.05, 0.1) is 18.3 Å². The lowest BCUT2D eigenvalue weighted by molar-refractivity contribution is 0.414. The van der Waals surface area contributed by atoms with Gasteiger partial charge in [-0.3, -0.25) is 0 Å². The third kappa shape index (κ3) is 2.92. The second-order valence-electron chi connectivity index (χ2n) is 4.77. The van der Waals surface area contributed by atoms with Gasteiger partial charge in [0.2, 0.25) is 0 Å². The van der Waals surface area contributed by atoms with Gasteiger partial charge >= 0.3 is 0 Å². The van der Waals surface area contributed by atoms with Crippen LogP contribution in [-0.4, -0.2) is 18.6 Å². The molecule has 0 atom stereocenters. The maximum Gasteiger partial charge on any atom is 0.126 e. The number of methoxy groups -OCH3 is 1. The third-order valence-electron chi connectivity index (χ3n) is 3.43. The van der Waals surface area contributed by atoms with Crippen molar-refractivity contribution < 1.29 is 4.74 Å².